The van der Waals surface area contributed by atoms with Gasteiger partial charge in [0, 0.05) is 6.42 Å². The fourth-order valence-electron chi connectivity index (χ4n) is 2.84. The monoisotopic (exact) mass is 760 g/mol. The first-order valence-corrected chi connectivity index (χ1v) is 16.3. The molecule has 0 spiro atoms. The largest absolute Gasteiger partial charge is 0.481 e. The van der Waals surface area contributed by atoms with Crippen molar-refractivity contribution >= 4 is 41.8 Å². The predicted octanol–water partition coefficient (Wildman–Crippen LogP) is -2.56. The molecule has 0 fully saturated rings. The minimum atomic E-state index is -1.22. The van der Waals surface area contributed by atoms with E-state index in [2.05, 4.69) is 4.74 Å². The van der Waals surface area contributed by atoms with Gasteiger partial charge in [0.2, 0.25) is 0 Å². The predicted molar refractivity (Wildman–Crippen MR) is 189 cm³/mol. The Morgan fingerprint density at radius 2 is 0.865 bits per heavy atom. The number of rotatable bonds is 21. The van der Waals surface area contributed by atoms with Crippen LogP contribution < -0.4 is 45.9 Å². The molecule has 7 atom stereocenters. The van der Waals surface area contributed by atoms with E-state index in [1.165, 1.54) is 13.8 Å². The highest BCUT2D eigenvalue weighted by Crippen LogP contribution is 2.02. The molecule has 0 aromatic carbocycles. The van der Waals surface area contributed by atoms with Gasteiger partial charge in [-0.1, -0.05) is 26.7 Å². The van der Waals surface area contributed by atoms with Crippen molar-refractivity contribution in [1.29, 1.82) is 0 Å². The number of hydrogen-bond acceptors (Lipinski definition) is 16. The Morgan fingerprint density at radius 3 is 1.10 bits per heavy atom. The van der Waals surface area contributed by atoms with Crippen molar-refractivity contribution < 1.29 is 68.9 Å². The number of ether oxygens (including phenoxy) is 1. The number of unbranched alkanes of at least 4 members (excludes halogenated alkanes) is 2. The number of nitrogens with two attached hydrogens (primary N) is 8. The highest BCUT2D eigenvalue weighted by molar-refractivity contribution is 5.77. The molecule has 22 N–H and O–H groups in total. The zero-order valence-electron chi connectivity index (χ0n) is 30.5. The Balaban J connectivity index is -0.000000178. The van der Waals surface area contributed by atoms with Crippen LogP contribution in [0, 0.1) is 5.92 Å². The molecule has 0 amide bonds. The van der Waals surface area contributed by atoms with Gasteiger partial charge in [-0.05, 0) is 71.4 Å². The smallest absolute Gasteiger partial charge is 0.324 e. The molecule has 52 heavy (non-hydrogen) atoms. The highest BCUT2D eigenvalue weighted by atomic mass is 16.5. The summed E-state index contributed by atoms with van der Waals surface area (Å²) in [5.41, 5.74) is 41.4. The minimum absolute atomic E-state index is 0.0231. The molecule has 0 saturated heterocycles. The molecule has 0 rings (SSSR count). The molecule has 0 heterocycles. The van der Waals surface area contributed by atoms with Gasteiger partial charge in [-0.2, -0.15) is 0 Å². The summed E-state index contributed by atoms with van der Waals surface area (Å²) in [5.74, 6) is -6.50. The van der Waals surface area contributed by atoms with E-state index in [0.717, 1.165) is 25.7 Å². The number of carboxylic acids is 6. The van der Waals surface area contributed by atoms with Crippen LogP contribution in [0.5, 0.6) is 0 Å². The third-order valence-electron chi connectivity index (χ3n) is 6.07. The third-order valence-corrected chi connectivity index (χ3v) is 6.07. The number of carbonyl (C=O) groups excluding carboxylic acids is 1. The number of esters is 1. The molecule has 308 valence electrons. The van der Waals surface area contributed by atoms with Gasteiger partial charge in [0.05, 0.1) is 0 Å². The van der Waals surface area contributed by atoms with E-state index in [-0.39, 0.29) is 12.8 Å². The molecular weight excluding hydrogens is 696 g/mol. The van der Waals surface area contributed by atoms with E-state index in [4.69, 9.17) is 76.5 Å². The van der Waals surface area contributed by atoms with Crippen LogP contribution in [0.4, 0.5) is 0 Å². The maximum atomic E-state index is 10.9. The van der Waals surface area contributed by atoms with E-state index >= 15 is 0 Å². The number of aliphatic carboxylic acids is 6. The van der Waals surface area contributed by atoms with Gasteiger partial charge < -0.3 is 81.2 Å². The standard InChI is InChI=1S/C7H14N2O4.2C6H14N2O2.C6H13NO2.C5H9NO4/c1-3(8)7(12)13-4(2)5(9)6(10)11;2*7-4-2-1-3-5(8)6(9)10;1-4(2)3-5(7)6(8)9;6-3(5(9)10)1-2-4(7)8/h3-5H,8-9H2,1-2H3,(H,10,11);2*5H,1-4,7-8H2,(H,9,10);4-5H,3,7H2,1-2H3,(H,8,9);3H,1-2,6H2,(H,7,8)(H,9,10)/t3-,4+,5-;3*5-;3-/m00000/s1. The van der Waals surface area contributed by atoms with Crippen LogP contribution >= 0.6 is 0 Å². The molecule has 0 radical (unpaired) electrons. The lowest BCUT2D eigenvalue weighted by Gasteiger charge is -2.17. The summed E-state index contributed by atoms with van der Waals surface area (Å²) in [6, 6.07) is -5.18. The fourth-order valence-corrected chi connectivity index (χ4v) is 2.84. The molecule has 0 aromatic rings. The maximum absolute atomic E-state index is 10.9. The lowest BCUT2D eigenvalue weighted by atomic mass is 10.1. The Morgan fingerprint density at radius 1 is 0.519 bits per heavy atom. The molecule has 0 aliphatic heterocycles. The van der Waals surface area contributed by atoms with Crippen LogP contribution in [0.3, 0.4) is 0 Å². The summed E-state index contributed by atoms with van der Waals surface area (Å²) in [5, 5.41) is 49.7. The van der Waals surface area contributed by atoms with Crippen LogP contribution in [0.2, 0.25) is 0 Å². The molecule has 0 aliphatic rings. The van der Waals surface area contributed by atoms with Gasteiger partial charge in [-0.15, -0.1) is 0 Å². The number of carboxylic acid groups (broad SMARTS) is 6. The fraction of sp³-hybridized carbons (Fsp3) is 0.767. The lowest BCUT2D eigenvalue weighted by molar-refractivity contribution is -0.154. The van der Waals surface area contributed by atoms with Crippen LogP contribution in [0.1, 0.15) is 85.5 Å². The normalized spacial score (nSPS) is 14.1. The SMILES string of the molecule is CC(C)C[C@H](N)C(=O)O.C[C@H](N)C(=O)O[C@H](C)[C@H](N)C(=O)O.NCCCC[C@H](N)C(=O)O.NCCCC[C@H](N)C(=O)O.N[C@@H](CCC(=O)O)C(=O)O. The summed E-state index contributed by atoms with van der Waals surface area (Å²) >= 11 is 0. The van der Waals surface area contributed by atoms with Crippen molar-refractivity contribution in [2.45, 2.75) is 128 Å². The first-order valence-electron chi connectivity index (χ1n) is 16.3. The summed E-state index contributed by atoms with van der Waals surface area (Å²) in [7, 11) is 0. The quantitative estimate of drug-likeness (QED) is 0.0422. The van der Waals surface area contributed by atoms with E-state index in [1.54, 1.807) is 0 Å². The second-order valence-electron chi connectivity index (χ2n) is 11.7. The second kappa shape index (κ2) is 35.4. The van der Waals surface area contributed by atoms with Crippen molar-refractivity contribution in [2.24, 2.45) is 51.8 Å². The van der Waals surface area contributed by atoms with Crippen molar-refractivity contribution in [2.75, 3.05) is 13.1 Å². The van der Waals surface area contributed by atoms with Gasteiger partial charge in [0.1, 0.15) is 42.4 Å². The molecule has 22 nitrogen and oxygen atoms in total. The molecule has 0 unspecified atom stereocenters. The molecular formula is C30H64N8O14. The zero-order chi connectivity index (χ0) is 42.1. The van der Waals surface area contributed by atoms with E-state index in [1.807, 2.05) is 13.8 Å². The molecule has 0 aromatic heterocycles. The Kier molecular flexibility index (Phi) is 39.0. The summed E-state index contributed by atoms with van der Waals surface area (Å²) in [6.45, 7) is 7.95. The number of carbonyl (C=O) groups is 7. The Bertz CT molecular complexity index is 994. The first-order chi connectivity index (χ1) is 23.8. The average Bonchev–Trinajstić information content (AvgIpc) is 3.03. The molecule has 0 aliphatic carbocycles. The van der Waals surface area contributed by atoms with E-state index < -0.39 is 84.1 Å². The van der Waals surface area contributed by atoms with Gasteiger partial charge in [0.15, 0.2) is 0 Å². The Hall–Kier alpha value is -4.03. The van der Waals surface area contributed by atoms with Crippen molar-refractivity contribution in [3.63, 3.8) is 0 Å². The molecule has 0 saturated carbocycles. The van der Waals surface area contributed by atoms with Crippen LogP contribution in [0.15, 0.2) is 0 Å². The maximum Gasteiger partial charge on any atom is 0.324 e. The Labute approximate surface area is 303 Å². The van der Waals surface area contributed by atoms with E-state index in [9.17, 15) is 33.6 Å². The first kappa shape index (κ1) is 57.3. The lowest BCUT2D eigenvalue weighted by Crippen LogP contribution is -2.44. The van der Waals surface area contributed by atoms with Crippen LogP contribution in [-0.2, 0) is 38.3 Å². The van der Waals surface area contributed by atoms with Gasteiger partial charge in [0.25, 0.3) is 0 Å². The van der Waals surface area contributed by atoms with Gasteiger partial charge in [-0.3, -0.25) is 33.6 Å². The third kappa shape index (κ3) is 42.1. The number of hydrogen-bond donors (Lipinski definition) is 14. The molecule has 22 heteroatoms. The molecule has 0 bridgehead atoms. The zero-order valence-corrected chi connectivity index (χ0v) is 30.5. The highest BCUT2D eigenvalue weighted by Gasteiger charge is 2.24. The summed E-state index contributed by atoms with van der Waals surface area (Å²) < 4.78 is 4.67. The van der Waals surface area contributed by atoms with Crippen molar-refractivity contribution in [1.82, 2.24) is 0 Å². The van der Waals surface area contributed by atoms with E-state index in [0.29, 0.717) is 38.3 Å². The van der Waals surface area contributed by atoms with Crippen LogP contribution in [-0.4, -0.2) is 128 Å². The summed E-state index contributed by atoms with van der Waals surface area (Å²) in [6.07, 6.45) is 3.78. The topological polar surface area (TPSA) is 458 Å². The van der Waals surface area contributed by atoms with Crippen molar-refractivity contribution in [3.8, 4) is 0 Å². The van der Waals surface area contributed by atoms with Gasteiger partial charge in [-0.25, -0.2) is 0 Å². The van der Waals surface area contributed by atoms with Crippen molar-refractivity contribution in [3.05, 3.63) is 0 Å². The van der Waals surface area contributed by atoms with Crippen LogP contribution in [0.25, 0.3) is 0 Å². The average molecular weight is 761 g/mol. The van der Waals surface area contributed by atoms with Gasteiger partial charge >= 0.3 is 41.8 Å². The summed E-state index contributed by atoms with van der Waals surface area (Å²) in [4.78, 5) is 71.5. The second-order valence-corrected chi connectivity index (χ2v) is 11.7. The minimum Gasteiger partial charge on any atom is -0.481 e.